The van der Waals surface area contributed by atoms with Gasteiger partial charge < -0.3 is 30.4 Å². The number of rotatable bonds is 5. The fourth-order valence-corrected chi connectivity index (χ4v) is 3.14. The summed E-state index contributed by atoms with van der Waals surface area (Å²) in [6.07, 6.45) is 0. The van der Waals surface area contributed by atoms with Crippen molar-refractivity contribution in [3.05, 3.63) is 40.4 Å². The smallest absolute Gasteiger partial charge is 0.250 e. The van der Waals surface area contributed by atoms with E-state index in [1.165, 1.54) is 21.3 Å². The van der Waals surface area contributed by atoms with Crippen LogP contribution in [0.15, 0.2) is 23.6 Å². The third-order valence-corrected chi connectivity index (χ3v) is 4.29. The van der Waals surface area contributed by atoms with Crippen LogP contribution in [0.4, 0.5) is 0 Å². The van der Waals surface area contributed by atoms with Crippen LogP contribution in [0.1, 0.15) is 22.7 Å². The Morgan fingerprint density at radius 1 is 1.19 bits per heavy atom. The third kappa shape index (κ3) is 2.57. The number of nitrogens with one attached hydrogen (secondary N) is 1. The lowest BCUT2D eigenvalue weighted by molar-refractivity contribution is -0.115. The number of hydrogen-bond acceptors (Lipinski definition) is 7. The standard InChI is InChI=1S/C17H20N4O5/c1-7-11-12(13(15(18)22)16(19)26-17(11)21-20-7)8-5-9(23-2)14(25-4)10(6-8)24-3/h5-6,12H,19H2,1-4H3,(H2,18,22)(H,20,21). The van der Waals surface area contributed by atoms with Crippen LogP contribution in [0.25, 0.3) is 0 Å². The van der Waals surface area contributed by atoms with Crippen molar-refractivity contribution in [1.82, 2.24) is 10.2 Å². The SMILES string of the molecule is COc1cc(C2C(C(N)=O)=C(N)Oc3n[nH]c(C)c32)cc(OC)c1OC. The third-order valence-electron chi connectivity index (χ3n) is 4.29. The molecule has 3 rings (SSSR count). The summed E-state index contributed by atoms with van der Waals surface area (Å²) in [6, 6.07) is 3.48. The lowest BCUT2D eigenvalue weighted by Gasteiger charge is -2.26. The van der Waals surface area contributed by atoms with Crippen LogP contribution in [-0.2, 0) is 4.79 Å². The zero-order valence-electron chi connectivity index (χ0n) is 14.9. The maximum atomic E-state index is 12.1. The van der Waals surface area contributed by atoms with Crippen molar-refractivity contribution in [3.63, 3.8) is 0 Å². The Bertz CT molecular complexity index is 878. The van der Waals surface area contributed by atoms with Gasteiger partial charge in [0.05, 0.1) is 32.8 Å². The molecule has 0 bridgehead atoms. The number of carbonyl (C=O) groups is 1. The molecule has 1 atom stereocenters. The number of fused-ring (bicyclic) bond motifs is 1. The van der Waals surface area contributed by atoms with Crippen LogP contribution in [-0.4, -0.2) is 37.4 Å². The molecule has 0 saturated heterocycles. The Labute approximate surface area is 149 Å². The van der Waals surface area contributed by atoms with Crippen LogP contribution in [0, 0.1) is 6.92 Å². The van der Waals surface area contributed by atoms with E-state index in [0.717, 1.165) is 5.69 Å². The first-order valence-corrected chi connectivity index (χ1v) is 7.74. The first-order valence-electron chi connectivity index (χ1n) is 7.74. The highest BCUT2D eigenvalue weighted by Crippen LogP contribution is 2.47. The lowest BCUT2D eigenvalue weighted by atomic mass is 9.83. The van der Waals surface area contributed by atoms with Crippen molar-refractivity contribution < 1.29 is 23.7 Å². The largest absolute Gasteiger partial charge is 0.493 e. The fraction of sp³-hybridized carbons (Fsp3) is 0.294. The number of H-pyrrole nitrogens is 1. The normalized spacial score (nSPS) is 15.9. The number of nitrogens with two attached hydrogens (primary N) is 2. The molecule has 1 aromatic heterocycles. The van der Waals surface area contributed by atoms with E-state index in [4.69, 9.17) is 30.4 Å². The summed E-state index contributed by atoms with van der Waals surface area (Å²) in [5.74, 6) is 0.250. The molecule has 1 aromatic carbocycles. The molecule has 0 fully saturated rings. The van der Waals surface area contributed by atoms with Crippen LogP contribution < -0.4 is 30.4 Å². The van der Waals surface area contributed by atoms with E-state index in [0.29, 0.717) is 34.3 Å². The summed E-state index contributed by atoms with van der Waals surface area (Å²) >= 11 is 0. The molecule has 0 spiro atoms. The van der Waals surface area contributed by atoms with Gasteiger partial charge in [-0.15, -0.1) is 5.10 Å². The van der Waals surface area contributed by atoms with E-state index in [2.05, 4.69) is 10.2 Å². The van der Waals surface area contributed by atoms with Crippen molar-refractivity contribution in [1.29, 1.82) is 0 Å². The Morgan fingerprint density at radius 3 is 2.31 bits per heavy atom. The van der Waals surface area contributed by atoms with Crippen molar-refractivity contribution in [2.45, 2.75) is 12.8 Å². The number of nitrogens with zero attached hydrogens (tertiary/aromatic N) is 1. The van der Waals surface area contributed by atoms with Crippen LogP contribution >= 0.6 is 0 Å². The molecule has 2 aromatic rings. The average molecular weight is 360 g/mol. The molecule has 9 nitrogen and oxygen atoms in total. The van der Waals surface area contributed by atoms with Crippen molar-refractivity contribution >= 4 is 5.91 Å². The van der Waals surface area contributed by atoms with Gasteiger partial charge in [-0.3, -0.25) is 9.89 Å². The fourth-order valence-electron chi connectivity index (χ4n) is 3.14. The highest BCUT2D eigenvalue weighted by atomic mass is 16.5. The number of aryl methyl sites for hydroxylation is 1. The molecule has 0 saturated carbocycles. The number of ether oxygens (including phenoxy) is 4. The number of benzene rings is 1. The molecule has 1 aliphatic heterocycles. The Kier molecular flexibility index (Phi) is 4.37. The molecule has 0 aliphatic carbocycles. The second kappa shape index (κ2) is 6.51. The molecular weight excluding hydrogens is 340 g/mol. The minimum atomic E-state index is -0.687. The predicted octanol–water partition coefficient (Wildman–Crippen LogP) is 0.924. The monoisotopic (exact) mass is 360 g/mol. The van der Waals surface area contributed by atoms with E-state index in [1.54, 1.807) is 12.1 Å². The Hall–Kier alpha value is -3.36. The van der Waals surface area contributed by atoms with Gasteiger partial charge in [0.25, 0.3) is 5.91 Å². The number of carbonyl (C=O) groups excluding carboxylic acids is 1. The second-order valence-corrected chi connectivity index (χ2v) is 5.70. The maximum Gasteiger partial charge on any atom is 0.250 e. The first kappa shape index (κ1) is 17.5. The molecule has 26 heavy (non-hydrogen) atoms. The molecule has 0 radical (unpaired) electrons. The molecule has 1 aliphatic rings. The van der Waals surface area contributed by atoms with Crippen molar-refractivity contribution in [3.8, 4) is 23.1 Å². The zero-order chi connectivity index (χ0) is 19.0. The maximum absolute atomic E-state index is 12.1. The summed E-state index contributed by atoms with van der Waals surface area (Å²) in [5.41, 5.74) is 13.7. The van der Waals surface area contributed by atoms with Gasteiger partial charge in [-0.1, -0.05) is 0 Å². The van der Waals surface area contributed by atoms with E-state index in [9.17, 15) is 4.79 Å². The van der Waals surface area contributed by atoms with Gasteiger partial charge in [-0.05, 0) is 24.6 Å². The highest BCUT2D eigenvalue weighted by Gasteiger charge is 2.37. The van der Waals surface area contributed by atoms with E-state index >= 15 is 0 Å². The van der Waals surface area contributed by atoms with Crippen LogP contribution in [0.5, 0.6) is 23.1 Å². The lowest BCUT2D eigenvalue weighted by Crippen LogP contribution is -2.30. The Morgan fingerprint density at radius 2 is 1.81 bits per heavy atom. The second-order valence-electron chi connectivity index (χ2n) is 5.70. The van der Waals surface area contributed by atoms with Crippen LogP contribution in [0.2, 0.25) is 0 Å². The number of methoxy groups -OCH3 is 3. The molecule has 5 N–H and O–H groups in total. The summed E-state index contributed by atoms with van der Waals surface area (Å²) in [6.45, 7) is 1.82. The van der Waals surface area contributed by atoms with Crippen LogP contribution in [0.3, 0.4) is 0 Å². The molecule has 1 unspecified atom stereocenters. The quantitative estimate of drug-likeness (QED) is 0.721. The van der Waals surface area contributed by atoms with E-state index < -0.39 is 11.8 Å². The predicted molar refractivity (Wildman–Crippen MR) is 92.3 cm³/mol. The summed E-state index contributed by atoms with van der Waals surface area (Å²) < 4.78 is 21.6. The summed E-state index contributed by atoms with van der Waals surface area (Å²) in [5, 5.41) is 6.94. The van der Waals surface area contributed by atoms with Gasteiger partial charge in [0.2, 0.25) is 17.5 Å². The molecule has 9 heteroatoms. The topological polar surface area (TPSA) is 135 Å². The van der Waals surface area contributed by atoms with Crippen molar-refractivity contribution in [2.75, 3.05) is 21.3 Å². The minimum Gasteiger partial charge on any atom is -0.493 e. The molecule has 138 valence electrons. The number of aromatic nitrogens is 2. The number of hydrogen-bond donors (Lipinski definition) is 3. The Balaban J connectivity index is 2.29. The highest BCUT2D eigenvalue weighted by molar-refractivity contribution is 5.95. The molecular formula is C17H20N4O5. The van der Waals surface area contributed by atoms with Gasteiger partial charge >= 0.3 is 0 Å². The minimum absolute atomic E-state index is 0.0877. The van der Waals surface area contributed by atoms with Crippen molar-refractivity contribution in [2.24, 2.45) is 11.5 Å². The summed E-state index contributed by atoms with van der Waals surface area (Å²) in [7, 11) is 4.54. The van der Waals surface area contributed by atoms with Gasteiger partial charge in [-0.2, -0.15) is 0 Å². The van der Waals surface area contributed by atoms with Gasteiger partial charge in [0.1, 0.15) is 0 Å². The number of aromatic amines is 1. The van der Waals surface area contributed by atoms with E-state index in [1.807, 2.05) is 6.92 Å². The average Bonchev–Trinajstić information content (AvgIpc) is 2.99. The summed E-state index contributed by atoms with van der Waals surface area (Å²) in [4.78, 5) is 12.1. The molecule has 2 heterocycles. The number of primary amides is 1. The van der Waals surface area contributed by atoms with Gasteiger partial charge in [0.15, 0.2) is 11.5 Å². The van der Waals surface area contributed by atoms with Gasteiger partial charge in [-0.25, -0.2) is 0 Å². The van der Waals surface area contributed by atoms with Gasteiger partial charge in [0, 0.05) is 11.3 Å². The zero-order valence-corrected chi connectivity index (χ0v) is 14.9. The number of amides is 1. The van der Waals surface area contributed by atoms with E-state index in [-0.39, 0.29) is 11.5 Å². The molecule has 1 amide bonds. The first-order chi connectivity index (χ1) is 12.4.